The van der Waals surface area contributed by atoms with Gasteiger partial charge in [-0.3, -0.25) is 0 Å². The molecule has 0 heterocycles. The van der Waals surface area contributed by atoms with E-state index in [0.717, 1.165) is 0 Å². The summed E-state index contributed by atoms with van der Waals surface area (Å²) in [6, 6.07) is 13.6. The lowest BCUT2D eigenvalue weighted by atomic mass is 10.0. The van der Waals surface area contributed by atoms with Crippen LogP contribution in [0.25, 0.3) is 0 Å². The Kier molecular flexibility index (Phi) is 4.69. The van der Waals surface area contributed by atoms with E-state index in [-0.39, 0.29) is 11.4 Å². The van der Waals surface area contributed by atoms with Gasteiger partial charge in [-0.15, -0.1) is 0 Å². The van der Waals surface area contributed by atoms with Crippen molar-refractivity contribution in [3.8, 4) is 0 Å². The van der Waals surface area contributed by atoms with E-state index in [9.17, 15) is 9.59 Å². The minimum atomic E-state index is -1.45. The molecule has 0 bridgehead atoms. The van der Waals surface area contributed by atoms with Crippen LogP contribution in [0.3, 0.4) is 0 Å². The number of rotatable bonds is 4. The molecular weight excluding hydrogens is 311 g/mol. The first-order valence-electron chi connectivity index (χ1n) is 5.84. The van der Waals surface area contributed by atoms with Crippen molar-refractivity contribution in [2.24, 2.45) is 9.98 Å². The van der Waals surface area contributed by atoms with Crippen molar-refractivity contribution in [2.75, 3.05) is 0 Å². The van der Waals surface area contributed by atoms with Crippen LogP contribution in [0.5, 0.6) is 0 Å². The molecule has 0 saturated carbocycles. The van der Waals surface area contributed by atoms with Gasteiger partial charge >= 0.3 is 0 Å². The highest BCUT2D eigenvalue weighted by molar-refractivity contribution is 6.50. The Bertz CT molecular complexity index is 748. The largest absolute Gasteiger partial charge is 0.240 e. The molecule has 0 aliphatic carbocycles. The Labute approximate surface area is 130 Å². The Hall–Kier alpha value is -2.22. The molecule has 0 spiro atoms. The Morgan fingerprint density at radius 3 is 2.14 bits per heavy atom. The summed E-state index contributed by atoms with van der Waals surface area (Å²) in [5, 5.41) is 0. The summed E-state index contributed by atoms with van der Waals surface area (Å²) in [6.07, 6.45) is 2.81. The Morgan fingerprint density at radius 1 is 0.857 bits per heavy atom. The molecule has 0 fully saturated rings. The monoisotopic (exact) mass is 318 g/mol. The molecule has 2 aromatic rings. The molecule has 0 N–H and O–H groups in total. The highest BCUT2D eigenvalue weighted by atomic mass is 35.5. The summed E-state index contributed by atoms with van der Waals surface area (Å²) >= 11 is 12.9. The third kappa shape index (κ3) is 3.10. The molecule has 2 aromatic carbocycles. The predicted molar refractivity (Wildman–Crippen MR) is 80.9 cm³/mol. The van der Waals surface area contributed by atoms with E-state index in [1.165, 1.54) is 18.2 Å². The lowest BCUT2D eigenvalue weighted by molar-refractivity contribution is 0.564. The molecule has 0 aliphatic rings. The van der Waals surface area contributed by atoms with Crippen molar-refractivity contribution in [3.63, 3.8) is 0 Å². The Morgan fingerprint density at radius 2 is 1.52 bits per heavy atom. The number of hydrogen-bond donors (Lipinski definition) is 0. The van der Waals surface area contributed by atoms with E-state index in [1.54, 1.807) is 36.4 Å². The highest BCUT2D eigenvalue weighted by Crippen LogP contribution is 2.47. The van der Waals surface area contributed by atoms with Crippen LogP contribution in [0.2, 0.25) is 0 Å². The topological polar surface area (TPSA) is 58.9 Å². The molecule has 6 heteroatoms. The standard InChI is InChI=1S/C15H8Cl2N2O2/c16-15(17,11-5-2-1-3-6-11)12-7-4-8-13(18-9-20)14(12)19-10-21/h1-8H. The maximum absolute atomic E-state index is 10.6. The number of aliphatic imine (C=N–C) groups is 2. The van der Waals surface area contributed by atoms with Crippen molar-refractivity contribution in [1.82, 2.24) is 0 Å². The fraction of sp³-hybridized carbons (Fsp3) is 0.0667. The minimum Gasteiger partial charge on any atom is -0.211 e. The molecule has 0 aromatic heterocycles. The van der Waals surface area contributed by atoms with Crippen LogP contribution in [-0.4, -0.2) is 12.2 Å². The van der Waals surface area contributed by atoms with Crippen molar-refractivity contribution in [3.05, 3.63) is 59.7 Å². The molecule has 2 rings (SSSR count). The third-order valence-corrected chi connectivity index (χ3v) is 3.66. The van der Waals surface area contributed by atoms with E-state index in [2.05, 4.69) is 9.98 Å². The molecule has 0 radical (unpaired) electrons. The molecule has 104 valence electrons. The first-order valence-corrected chi connectivity index (χ1v) is 6.59. The summed E-state index contributed by atoms with van der Waals surface area (Å²) < 4.78 is -1.45. The number of benzene rings is 2. The molecule has 0 saturated heterocycles. The van der Waals surface area contributed by atoms with Crippen LogP contribution in [0.15, 0.2) is 58.5 Å². The summed E-state index contributed by atoms with van der Waals surface area (Å²) in [4.78, 5) is 28.2. The van der Waals surface area contributed by atoms with Crippen LogP contribution in [0.4, 0.5) is 11.4 Å². The minimum absolute atomic E-state index is 0.0877. The average molecular weight is 319 g/mol. The number of para-hydroxylation sites is 1. The van der Waals surface area contributed by atoms with E-state index in [4.69, 9.17) is 23.2 Å². The summed E-state index contributed by atoms with van der Waals surface area (Å²) in [7, 11) is 0. The van der Waals surface area contributed by atoms with Crippen LogP contribution >= 0.6 is 23.2 Å². The molecule has 4 nitrogen and oxygen atoms in total. The lowest BCUT2D eigenvalue weighted by Gasteiger charge is -2.22. The smallest absolute Gasteiger partial charge is 0.211 e. The third-order valence-electron chi connectivity index (χ3n) is 2.81. The van der Waals surface area contributed by atoms with Crippen molar-refractivity contribution < 1.29 is 9.59 Å². The van der Waals surface area contributed by atoms with Crippen LogP contribution in [0, 0.1) is 0 Å². The quantitative estimate of drug-likeness (QED) is 0.479. The number of nitrogens with zero attached hydrogens (tertiary/aromatic N) is 2. The predicted octanol–water partition coefficient (Wildman–Crippen LogP) is 4.30. The zero-order chi connectivity index (χ0) is 15.3. The zero-order valence-corrected chi connectivity index (χ0v) is 12.1. The van der Waals surface area contributed by atoms with Gasteiger partial charge in [0.1, 0.15) is 11.4 Å². The number of carbonyl (C=O) groups excluding carboxylic acids is 2. The first-order chi connectivity index (χ1) is 10.1. The molecule has 0 unspecified atom stereocenters. The van der Waals surface area contributed by atoms with Gasteiger partial charge in [0.15, 0.2) is 4.33 Å². The molecule has 0 atom stereocenters. The van der Waals surface area contributed by atoms with Gasteiger partial charge < -0.3 is 0 Å². The second kappa shape index (κ2) is 6.49. The van der Waals surface area contributed by atoms with Crippen molar-refractivity contribution in [2.45, 2.75) is 4.33 Å². The van der Waals surface area contributed by atoms with Crippen molar-refractivity contribution >= 4 is 46.7 Å². The van der Waals surface area contributed by atoms with Crippen molar-refractivity contribution in [1.29, 1.82) is 0 Å². The normalized spacial score (nSPS) is 10.4. The average Bonchev–Trinajstić information content (AvgIpc) is 2.50. The number of alkyl halides is 2. The molecule has 21 heavy (non-hydrogen) atoms. The van der Waals surface area contributed by atoms with E-state index < -0.39 is 4.33 Å². The molecule has 0 aliphatic heterocycles. The Balaban J connectivity index is 2.71. The van der Waals surface area contributed by atoms with Gasteiger partial charge in [0.25, 0.3) is 0 Å². The molecular formula is C15H8Cl2N2O2. The van der Waals surface area contributed by atoms with Crippen LogP contribution < -0.4 is 0 Å². The van der Waals surface area contributed by atoms with Gasteiger partial charge in [0.05, 0.1) is 0 Å². The van der Waals surface area contributed by atoms with Gasteiger partial charge in [-0.2, -0.15) is 9.98 Å². The number of hydrogen-bond acceptors (Lipinski definition) is 4. The highest BCUT2D eigenvalue weighted by Gasteiger charge is 2.32. The summed E-state index contributed by atoms with van der Waals surface area (Å²) in [5.41, 5.74) is 1.16. The van der Waals surface area contributed by atoms with E-state index >= 15 is 0 Å². The SMILES string of the molecule is O=C=Nc1cccc(C(Cl)(Cl)c2ccccc2)c1N=C=O. The second-order valence-corrected chi connectivity index (χ2v) is 5.35. The fourth-order valence-electron chi connectivity index (χ4n) is 1.89. The van der Waals surface area contributed by atoms with Gasteiger partial charge in [-0.1, -0.05) is 65.7 Å². The van der Waals surface area contributed by atoms with Crippen LogP contribution in [0.1, 0.15) is 11.1 Å². The van der Waals surface area contributed by atoms with Gasteiger partial charge in [-0.05, 0) is 11.6 Å². The van der Waals surface area contributed by atoms with Gasteiger partial charge in [0, 0.05) is 5.56 Å². The van der Waals surface area contributed by atoms with Gasteiger partial charge in [0.2, 0.25) is 12.2 Å². The number of isocyanates is 2. The summed E-state index contributed by atoms with van der Waals surface area (Å²) in [6.45, 7) is 0. The zero-order valence-electron chi connectivity index (χ0n) is 10.6. The van der Waals surface area contributed by atoms with Crippen LogP contribution in [-0.2, 0) is 13.9 Å². The second-order valence-electron chi connectivity index (χ2n) is 4.02. The first kappa shape index (κ1) is 15.2. The maximum Gasteiger partial charge on any atom is 0.240 e. The van der Waals surface area contributed by atoms with Gasteiger partial charge in [-0.25, -0.2) is 9.59 Å². The maximum atomic E-state index is 10.6. The fourth-order valence-corrected chi connectivity index (χ4v) is 2.45. The van der Waals surface area contributed by atoms with E-state index in [1.807, 2.05) is 6.07 Å². The number of halogens is 2. The summed E-state index contributed by atoms with van der Waals surface area (Å²) in [5.74, 6) is 0. The lowest BCUT2D eigenvalue weighted by Crippen LogP contribution is -2.12. The molecule has 0 amide bonds. The van der Waals surface area contributed by atoms with E-state index in [0.29, 0.717) is 11.1 Å².